The highest BCUT2D eigenvalue weighted by molar-refractivity contribution is 7.14. The lowest BCUT2D eigenvalue weighted by Crippen LogP contribution is -2.35. The highest BCUT2D eigenvalue weighted by Crippen LogP contribution is 2.24. The molecule has 0 radical (unpaired) electrons. The number of nitrogens with two attached hydrogens (primary N) is 1. The van der Waals surface area contributed by atoms with E-state index in [1.165, 1.54) is 11.3 Å². The van der Waals surface area contributed by atoms with Crippen molar-refractivity contribution in [2.24, 2.45) is 5.84 Å². The Morgan fingerprint density at radius 2 is 2.12 bits per heavy atom. The van der Waals surface area contributed by atoms with Gasteiger partial charge in [-0.1, -0.05) is 30.3 Å². The first kappa shape index (κ1) is 11.6. The summed E-state index contributed by atoms with van der Waals surface area (Å²) in [4.78, 5) is 15.3. The predicted molar refractivity (Wildman–Crippen MR) is 68.4 cm³/mol. The summed E-state index contributed by atoms with van der Waals surface area (Å²) in [6.07, 6.45) is 0. The third-order valence-electron chi connectivity index (χ3n) is 2.13. The number of hydrogen-bond donors (Lipinski definition) is 3. The fourth-order valence-electron chi connectivity index (χ4n) is 1.30. The van der Waals surface area contributed by atoms with Gasteiger partial charge in [-0.3, -0.25) is 10.2 Å². The van der Waals surface area contributed by atoms with Crippen LogP contribution in [0.15, 0.2) is 35.7 Å². The number of carbonyl (C=O) groups excluding carboxylic acids is 1. The molecular formula is C11H12N4OS. The van der Waals surface area contributed by atoms with Crippen molar-refractivity contribution in [2.45, 2.75) is 0 Å². The third-order valence-corrected chi connectivity index (χ3v) is 2.93. The molecule has 0 aliphatic carbocycles. The van der Waals surface area contributed by atoms with Crippen LogP contribution in [0.4, 0.5) is 5.13 Å². The van der Waals surface area contributed by atoms with Gasteiger partial charge in [0, 0.05) is 10.9 Å². The van der Waals surface area contributed by atoms with Gasteiger partial charge >= 0.3 is 0 Å². The Kier molecular flexibility index (Phi) is 3.69. The van der Waals surface area contributed by atoms with Crippen LogP contribution in [-0.2, 0) is 4.79 Å². The standard InChI is InChI=1S/C11H12N4OS/c12-15-10(16)6-13-11-14-9(7-17-11)8-4-2-1-3-5-8/h1-5,7H,6,12H2,(H,13,14)(H,15,16). The van der Waals surface area contributed by atoms with Gasteiger partial charge < -0.3 is 5.32 Å². The summed E-state index contributed by atoms with van der Waals surface area (Å²) >= 11 is 1.45. The van der Waals surface area contributed by atoms with E-state index in [9.17, 15) is 4.79 Å². The molecule has 88 valence electrons. The number of carbonyl (C=O) groups is 1. The van der Waals surface area contributed by atoms with Crippen molar-refractivity contribution in [1.29, 1.82) is 0 Å². The zero-order valence-corrected chi connectivity index (χ0v) is 9.83. The average molecular weight is 248 g/mol. The number of anilines is 1. The number of rotatable bonds is 4. The summed E-state index contributed by atoms with van der Waals surface area (Å²) in [7, 11) is 0. The summed E-state index contributed by atoms with van der Waals surface area (Å²) in [6, 6.07) is 9.87. The topological polar surface area (TPSA) is 80.0 Å². The van der Waals surface area contributed by atoms with Crippen molar-refractivity contribution in [2.75, 3.05) is 11.9 Å². The lowest BCUT2D eigenvalue weighted by molar-refractivity contribution is -0.119. The molecule has 0 unspecified atom stereocenters. The molecule has 2 rings (SSSR count). The van der Waals surface area contributed by atoms with Crippen molar-refractivity contribution < 1.29 is 4.79 Å². The number of nitrogens with one attached hydrogen (secondary N) is 2. The molecule has 5 nitrogen and oxygen atoms in total. The molecule has 1 amide bonds. The first-order chi connectivity index (χ1) is 8.29. The molecule has 4 N–H and O–H groups in total. The van der Waals surface area contributed by atoms with Gasteiger partial charge in [0.15, 0.2) is 5.13 Å². The highest BCUT2D eigenvalue weighted by atomic mass is 32.1. The molecule has 0 saturated heterocycles. The Morgan fingerprint density at radius 3 is 2.82 bits per heavy atom. The van der Waals surface area contributed by atoms with E-state index in [2.05, 4.69) is 10.3 Å². The summed E-state index contributed by atoms with van der Waals surface area (Å²) in [5.74, 6) is 4.70. The molecular weight excluding hydrogens is 236 g/mol. The van der Waals surface area contributed by atoms with Crippen molar-refractivity contribution in [3.8, 4) is 11.3 Å². The molecule has 0 saturated carbocycles. The number of nitrogens with zero attached hydrogens (tertiary/aromatic N) is 1. The highest BCUT2D eigenvalue weighted by Gasteiger charge is 2.04. The number of hydrazine groups is 1. The predicted octanol–water partition coefficient (Wildman–Crippen LogP) is 1.21. The van der Waals surface area contributed by atoms with E-state index in [-0.39, 0.29) is 12.5 Å². The smallest absolute Gasteiger partial charge is 0.253 e. The van der Waals surface area contributed by atoms with Crippen LogP contribution < -0.4 is 16.6 Å². The zero-order chi connectivity index (χ0) is 12.1. The van der Waals surface area contributed by atoms with E-state index in [4.69, 9.17) is 5.84 Å². The maximum absolute atomic E-state index is 10.9. The average Bonchev–Trinajstić information content (AvgIpc) is 2.86. The largest absolute Gasteiger partial charge is 0.352 e. The maximum Gasteiger partial charge on any atom is 0.253 e. The van der Waals surface area contributed by atoms with Crippen LogP contribution in [0.1, 0.15) is 0 Å². The van der Waals surface area contributed by atoms with E-state index in [1.54, 1.807) is 0 Å². The second kappa shape index (κ2) is 5.42. The van der Waals surface area contributed by atoms with E-state index in [0.29, 0.717) is 5.13 Å². The lowest BCUT2D eigenvalue weighted by Gasteiger charge is -2.00. The van der Waals surface area contributed by atoms with Crippen molar-refractivity contribution in [1.82, 2.24) is 10.4 Å². The van der Waals surface area contributed by atoms with Gasteiger partial charge in [0.05, 0.1) is 12.2 Å². The first-order valence-electron chi connectivity index (χ1n) is 5.04. The molecule has 0 fully saturated rings. The Hall–Kier alpha value is -1.92. The fourth-order valence-corrected chi connectivity index (χ4v) is 2.02. The summed E-state index contributed by atoms with van der Waals surface area (Å²) in [5.41, 5.74) is 4.00. The Balaban J connectivity index is 2.04. The van der Waals surface area contributed by atoms with Crippen molar-refractivity contribution in [3.63, 3.8) is 0 Å². The lowest BCUT2D eigenvalue weighted by atomic mass is 10.2. The molecule has 0 aliphatic heterocycles. The molecule has 1 aromatic heterocycles. The molecule has 0 atom stereocenters. The number of aromatic nitrogens is 1. The minimum atomic E-state index is -0.276. The molecule has 17 heavy (non-hydrogen) atoms. The minimum absolute atomic E-state index is 0.123. The van der Waals surface area contributed by atoms with Crippen LogP contribution in [0, 0.1) is 0 Å². The van der Waals surface area contributed by atoms with Gasteiger partial charge in [0.2, 0.25) is 0 Å². The van der Waals surface area contributed by atoms with Gasteiger partial charge in [0.25, 0.3) is 5.91 Å². The molecule has 1 aromatic carbocycles. The second-order valence-corrected chi connectivity index (χ2v) is 4.18. The van der Waals surface area contributed by atoms with Gasteiger partial charge in [-0.05, 0) is 0 Å². The van der Waals surface area contributed by atoms with Gasteiger partial charge in [-0.25, -0.2) is 10.8 Å². The van der Waals surface area contributed by atoms with E-state index < -0.39 is 0 Å². The minimum Gasteiger partial charge on any atom is -0.352 e. The molecule has 2 aromatic rings. The van der Waals surface area contributed by atoms with Crippen molar-refractivity contribution in [3.05, 3.63) is 35.7 Å². The SMILES string of the molecule is NNC(=O)CNc1nc(-c2ccccc2)cs1. The molecule has 1 heterocycles. The summed E-state index contributed by atoms with van der Waals surface area (Å²) in [6.45, 7) is 0.123. The quantitative estimate of drug-likeness (QED) is 0.431. The Bertz CT molecular complexity index is 497. The number of thiazole rings is 1. The number of benzene rings is 1. The van der Waals surface area contributed by atoms with Crippen LogP contribution in [-0.4, -0.2) is 17.4 Å². The molecule has 0 bridgehead atoms. The van der Waals surface area contributed by atoms with E-state index in [1.807, 2.05) is 41.1 Å². The maximum atomic E-state index is 10.9. The normalized spacial score (nSPS) is 9.94. The fraction of sp³-hybridized carbons (Fsp3) is 0.0909. The second-order valence-electron chi connectivity index (χ2n) is 3.32. The van der Waals surface area contributed by atoms with Gasteiger partial charge in [-0.2, -0.15) is 0 Å². The van der Waals surface area contributed by atoms with E-state index >= 15 is 0 Å². The summed E-state index contributed by atoms with van der Waals surface area (Å²) in [5, 5.41) is 5.54. The van der Waals surface area contributed by atoms with Crippen molar-refractivity contribution >= 4 is 22.4 Å². The monoisotopic (exact) mass is 248 g/mol. The van der Waals surface area contributed by atoms with Gasteiger partial charge in [-0.15, -0.1) is 11.3 Å². The van der Waals surface area contributed by atoms with E-state index in [0.717, 1.165) is 11.3 Å². The first-order valence-corrected chi connectivity index (χ1v) is 5.92. The Labute approximate surface area is 103 Å². The number of hydrogen-bond acceptors (Lipinski definition) is 5. The van der Waals surface area contributed by atoms with Crippen LogP contribution >= 0.6 is 11.3 Å². The van der Waals surface area contributed by atoms with Crippen LogP contribution in [0.3, 0.4) is 0 Å². The molecule has 0 spiro atoms. The zero-order valence-electron chi connectivity index (χ0n) is 9.01. The van der Waals surface area contributed by atoms with Gasteiger partial charge in [0.1, 0.15) is 0 Å². The van der Waals surface area contributed by atoms with Crippen LogP contribution in [0.2, 0.25) is 0 Å². The van der Waals surface area contributed by atoms with Crippen LogP contribution in [0.25, 0.3) is 11.3 Å². The molecule has 0 aliphatic rings. The number of amides is 1. The third kappa shape index (κ3) is 3.02. The van der Waals surface area contributed by atoms with Crippen LogP contribution in [0.5, 0.6) is 0 Å². The molecule has 6 heteroatoms. The Morgan fingerprint density at radius 1 is 1.35 bits per heavy atom. The summed E-state index contributed by atoms with van der Waals surface area (Å²) < 4.78 is 0.